The van der Waals surface area contributed by atoms with Crippen molar-refractivity contribution in [1.29, 1.82) is 0 Å². The van der Waals surface area contributed by atoms with E-state index in [9.17, 15) is 4.79 Å². The van der Waals surface area contributed by atoms with Crippen LogP contribution in [0.25, 0.3) is 0 Å². The number of nitrogens with one attached hydrogen (secondary N) is 1. The smallest absolute Gasteiger partial charge is 0.307 e. The second-order valence-corrected chi connectivity index (χ2v) is 4.14. The average molecular weight is 251 g/mol. The standard InChI is InChI=1S/C14H21NO3/c1-4-18-14(16)9-11(2)15-10-12-5-7-13(17-3)8-6-12/h5-8,11,15H,4,9-10H2,1-3H3. The molecule has 0 aliphatic carbocycles. The van der Waals surface area contributed by atoms with Crippen LogP contribution in [0.5, 0.6) is 5.75 Å². The van der Waals surface area contributed by atoms with Crippen LogP contribution in [0.2, 0.25) is 0 Å². The monoisotopic (exact) mass is 251 g/mol. The van der Waals surface area contributed by atoms with Crippen molar-refractivity contribution in [2.24, 2.45) is 0 Å². The zero-order chi connectivity index (χ0) is 13.4. The molecule has 0 saturated heterocycles. The van der Waals surface area contributed by atoms with Gasteiger partial charge in [0.05, 0.1) is 20.1 Å². The minimum absolute atomic E-state index is 0.103. The molecule has 18 heavy (non-hydrogen) atoms. The van der Waals surface area contributed by atoms with Crippen LogP contribution in [0, 0.1) is 0 Å². The zero-order valence-electron chi connectivity index (χ0n) is 11.2. The zero-order valence-corrected chi connectivity index (χ0v) is 11.2. The molecule has 0 radical (unpaired) electrons. The fraction of sp³-hybridized carbons (Fsp3) is 0.500. The lowest BCUT2D eigenvalue weighted by atomic mass is 10.2. The van der Waals surface area contributed by atoms with Crippen molar-refractivity contribution in [3.05, 3.63) is 29.8 Å². The van der Waals surface area contributed by atoms with Crippen LogP contribution in [0.1, 0.15) is 25.8 Å². The van der Waals surface area contributed by atoms with E-state index >= 15 is 0 Å². The summed E-state index contributed by atoms with van der Waals surface area (Å²) in [7, 11) is 1.65. The maximum atomic E-state index is 11.3. The van der Waals surface area contributed by atoms with Crippen molar-refractivity contribution in [3.8, 4) is 5.75 Å². The van der Waals surface area contributed by atoms with Gasteiger partial charge in [-0.1, -0.05) is 12.1 Å². The fourth-order valence-corrected chi connectivity index (χ4v) is 1.58. The topological polar surface area (TPSA) is 47.6 Å². The number of hydrogen-bond acceptors (Lipinski definition) is 4. The van der Waals surface area contributed by atoms with E-state index in [1.54, 1.807) is 7.11 Å². The van der Waals surface area contributed by atoms with Crippen LogP contribution >= 0.6 is 0 Å². The van der Waals surface area contributed by atoms with Crippen LogP contribution in [-0.2, 0) is 16.1 Å². The van der Waals surface area contributed by atoms with E-state index in [1.807, 2.05) is 38.1 Å². The minimum atomic E-state index is -0.160. The molecule has 0 amide bonds. The van der Waals surface area contributed by atoms with E-state index in [1.165, 1.54) is 0 Å². The highest BCUT2D eigenvalue weighted by Gasteiger charge is 2.08. The lowest BCUT2D eigenvalue weighted by Gasteiger charge is -2.13. The van der Waals surface area contributed by atoms with E-state index in [-0.39, 0.29) is 12.0 Å². The van der Waals surface area contributed by atoms with E-state index in [0.717, 1.165) is 17.9 Å². The molecule has 0 fully saturated rings. The molecule has 100 valence electrons. The summed E-state index contributed by atoms with van der Waals surface area (Å²) in [5, 5.41) is 3.28. The van der Waals surface area contributed by atoms with Gasteiger partial charge >= 0.3 is 5.97 Å². The Balaban J connectivity index is 2.32. The van der Waals surface area contributed by atoms with Crippen molar-refractivity contribution >= 4 is 5.97 Å². The maximum absolute atomic E-state index is 11.3. The summed E-state index contributed by atoms with van der Waals surface area (Å²) in [5.74, 6) is 0.686. The Morgan fingerprint density at radius 2 is 2.00 bits per heavy atom. The molecule has 0 aromatic heterocycles. The first-order valence-corrected chi connectivity index (χ1v) is 6.17. The highest BCUT2D eigenvalue weighted by molar-refractivity contribution is 5.69. The summed E-state index contributed by atoms with van der Waals surface area (Å²) in [6, 6.07) is 7.96. The lowest BCUT2D eigenvalue weighted by molar-refractivity contribution is -0.143. The molecule has 0 bridgehead atoms. The third-order valence-electron chi connectivity index (χ3n) is 2.59. The van der Waals surface area contributed by atoms with Gasteiger partial charge < -0.3 is 14.8 Å². The lowest BCUT2D eigenvalue weighted by Crippen LogP contribution is -2.28. The van der Waals surface area contributed by atoms with Gasteiger partial charge in [-0.3, -0.25) is 4.79 Å². The summed E-state index contributed by atoms with van der Waals surface area (Å²) < 4.78 is 9.99. The molecule has 4 heteroatoms. The Morgan fingerprint density at radius 1 is 1.33 bits per heavy atom. The van der Waals surface area contributed by atoms with Gasteiger partial charge in [0.2, 0.25) is 0 Å². The van der Waals surface area contributed by atoms with Crippen LogP contribution in [0.4, 0.5) is 0 Å². The first kappa shape index (κ1) is 14.5. The number of hydrogen-bond donors (Lipinski definition) is 1. The average Bonchev–Trinajstić information content (AvgIpc) is 2.37. The van der Waals surface area contributed by atoms with Gasteiger partial charge in [-0.05, 0) is 31.5 Å². The van der Waals surface area contributed by atoms with Crippen molar-refractivity contribution in [2.45, 2.75) is 32.9 Å². The summed E-state index contributed by atoms with van der Waals surface area (Å²) in [6.07, 6.45) is 0.393. The van der Waals surface area contributed by atoms with Gasteiger partial charge in [0.25, 0.3) is 0 Å². The van der Waals surface area contributed by atoms with Crippen LogP contribution in [0.3, 0.4) is 0 Å². The molecule has 0 aliphatic rings. The van der Waals surface area contributed by atoms with Crippen LogP contribution < -0.4 is 10.1 Å². The van der Waals surface area contributed by atoms with Crippen molar-refractivity contribution < 1.29 is 14.3 Å². The number of ether oxygens (including phenoxy) is 2. The molecular weight excluding hydrogens is 230 g/mol. The maximum Gasteiger partial charge on any atom is 0.307 e. The molecule has 0 spiro atoms. The number of benzene rings is 1. The van der Waals surface area contributed by atoms with Gasteiger partial charge in [0.1, 0.15) is 5.75 Å². The molecule has 1 N–H and O–H groups in total. The van der Waals surface area contributed by atoms with Crippen LogP contribution in [-0.4, -0.2) is 25.7 Å². The van der Waals surface area contributed by atoms with Gasteiger partial charge in [-0.25, -0.2) is 0 Å². The predicted molar refractivity (Wildman–Crippen MR) is 70.5 cm³/mol. The quantitative estimate of drug-likeness (QED) is 0.754. The third kappa shape index (κ3) is 5.19. The molecule has 1 aromatic carbocycles. The second-order valence-electron chi connectivity index (χ2n) is 4.14. The number of carbonyl (C=O) groups excluding carboxylic acids is 1. The van der Waals surface area contributed by atoms with E-state index in [2.05, 4.69) is 5.32 Å². The second kappa shape index (κ2) is 7.71. The predicted octanol–water partition coefficient (Wildman–Crippen LogP) is 2.13. The molecular formula is C14H21NO3. The third-order valence-corrected chi connectivity index (χ3v) is 2.59. The highest BCUT2D eigenvalue weighted by atomic mass is 16.5. The summed E-state index contributed by atoms with van der Waals surface area (Å²) in [4.78, 5) is 11.3. The number of esters is 1. The summed E-state index contributed by atoms with van der Waals surface area (Å²) >= 11 is 0. The fourth-order valence-electron chi connectivity index (χ4n) is 1.58. The Labute approximate surface area is 108 Å². The summed E-state index contributed by atoms with van der Waals surface area (Å²) in [5.41, 5.74) is 1.16. The molecule has 1 atom stereocenters. The molecule has 0 heterocycles. The number of methoxy groups -OCH3 is 1. The van der Waals surface area contributed by atoms with Gasteiger partial charge in [-0.15, -0.1) is 0 Å². The highest BCUT2D eigenvalue weighted by Crippen LogP contribution is 2.11. The van der Waals surface area contributed by atoms with Crippen molar-refractivity contribution in [2.75, 3.05) is 13.7 Å². The Morgan fingerprint density at radius 3 is 2.56 bits per heavy atom. The first-order chi connectivity index (χ1) is 8.65. The van der Waals surface area contributed by atoms with Gasteiger partial charge in [-0.2, -0.15) is 0 Å². The molecule has 0 aliphatic heterocycles. The van der Waals surface area contributed by atoms with Crippen molar-refractivity contribution in [3.63, 3.8) is 0 Å². The normalized spacial score (nSPS) is 11.9. The number of rotatable bonds is 7. The molecule has 1 rings (SSSR count). The largest absolute Gasteiger partial charge is 0.497 e. The Bertz CT molecular complexity index is 362. The Hall–Kier alpha value is -1.55. The molecule has 4 nitrogen and oxygen atoms in total. The van der Waals surface area contributed by atoms with E-state index < -0.39 is 0 Å². The van der Waals surface area contributed by atoms with Gasteiger partial charge in [0.15, 0.2) is 0 Å². The SMILES string of the molecule is CCOC(=O)CC(C)NCc1ccc(OC)cc1. The summed E-state index contributed by atoms with van der Waals surface area (Å²) in [6.45, 7) is 4.95. The van der Waals surface area contributed by atoms with Crippen LogP contribution in [0.15, 0.2) is 24.3 Å². The molecule has 0 saturated carbocycles. The Kier molecular flexibility index (Phi) is 6.22. The minimum Gasteiger partial charge on any atom is -0.497 e. The van der Waals surface area contributed by atoms with E-state index in [4.69, 9.17) is 9.47 Å². The van der Waals surface area contributed by atoms with Gasteiger partial charge in [0, 0.05) is 12.6 Å². The number of carbonyl (C=O) groups is 1. The first-order valence-electron chi connectivity index (χ1n) is 6.17. The van der Waals surface area contributed by atoms with E-state index in [0.29, 0.717) is 13.0 Å². The molecule has 1 aromatic rings. The molecule has 1 unspecified atom stereocenters. The van der Waals surface area contributed by atoms with Crippen molar-refractivity contribution in [1.82, 2.24) is 5.32 Å².